The van der Waals surface area contributed by atoms with Gasteiger partial charge >= 0.3 is 0 Å². The SMILES string of the molecule is CS(=O)(=O)c1cccc(NCC(=O)N[C@@H]2CCCN(c3ncnc4[nH]ccc34)C2)c1. The van der Waals surface area contributed by atoms with Crippen molar-refractivity contribution >= 4 is 38.3 Å². The molecule has 3 heterocycles. The van der Waals surface area contributed by atoms with Crippen LogP contribution in [0, 0.1) is 0 Å². The van der Waals surface area contributed by atoms with Gasteiger partial charge in [-0.2, -0.15) is 0 Å². The van der Waals surface area contributed by atoms with Crippen LogP contribution in [0.5, 0.6) is 0 Å². The standard InChI is InChI=1S/C20H24N6O3S/c1-30(28,29)16-6-2-4-14(10-16)22-11-18(27)25-15-5-3-9-26(12-15)20-17-7-8-21-19(17)23-13-24-20/h2,4,6-8,10,13,15,22H,3,5,9,11-12H2,1H3,(H,25,27)(H,21,23,24)/t15-/m1/s1. The Morgan fingerprint density at radius 3 is 3.00 bits per heavy atom. The number of sulfone groups is 1. The molecule has 0 spiro atoms. The summed E-state index contributed by atoms with van der Waals surface area (Å²) >= 11 is 0. The maximum Gasteiger partial charge on any atom is 0.239 e. The number of aromatic nitrogens is 3. The predicted molar refractivity (Wildman–Crippen MR) is 115 cm³/mol. The van der Waals surface area contributed by atoms with Gasteiger partial charge in [-0.25, -0.2) is 18.4 Å². The van der Waals surface area contributed by atoms with Crippen LogP contribution >= 0.6 is 0 Å². The summed E-state index contributed by atoms with van der Waals surface area (Å²) in [6.07, 6.45) is 6.39. The first-order valence-corrected chi connectivity index (χ1v) is 11.7. The summed E-state index contributed by atoms with van der Waals surface area (Å²) in [5.74, 6) is 0.733. The molecule has 1 saturated heterocycles. The van der Waals surface area contributed by atoms with Gasteiger partial charge < -0.3 is 20.5 Å². The molecule has 2 aromatic heterocycles. The summed E-state index contributed by atoms with van der Waals surface area (Å²) in [7, 11) is -3.29. The monoisotopic (exact) mass is 428 g/mol. The number of hydrogen-bond donors (Lipinski definition) is 3. The lowest BCUT2D eigenvalue weighted by Crippen LogP contribution is -2.49. The van der Waals surface area contributed by atoms with E-state index in [1.807, 2.05) is 12.3 Å². The lowest BCUT2D eigenvalue weighted by molar-refractivity contribution is -0.120. The van der Waals surface area contributed by atoms with Crippen molar-refractivity contribution in [3.05, 3.63) is 42.9 Å². The minimum atomic E-state index is -3.29. The molecule has 9 nitrogen and oxygen atoms in total. The molecule has 10 heteroatoms. The van der Waals surface area contributed by atoms with Crippen molar-refractivity contribution < 1.29 is 13.2 Å². The summed E-state index contributed by atoms with van der Waals surface area (Å²) in [5, 5.41) is 7.03. The third-order valence-corrected chi connectivity index (χ3v) is 6.24. The maximum atomic E-state index is 12.4. The smallest absolute Gasteiger partial charge is 0.239 e. The van der Waals surface area contributed by atoms with E-state index < -0.39 is 9.84 Å². The van der Waals surface area contributed by atoms with Crippen molar-refractivity contribution in [1.82, 2.24) is 20.3 Å². The van der Waals surface area contributed by atoms with Crippen LogP contribution in [0.15, 0.2) is 47.8 Å². The van der Waals surface area contributed by atoms with Crippen LogP contribution in [0.25, 0.3) is 11.0 Å². The molecule has 1 fully saturated rings. The minimum absolute atomic E-state index is 0.0133. The van der Waals surface area contributed by atoms with Crippen molar-refractivity contribution in [2.45, 2.75) is 23.8 Å². The number of rotatable bonds is 6. The Bertz CT molecular complexity index is 1160. The molecule has 0 saturated carbocycles. The average molecular weight is 429 g/mol. The second-order valence-corrected chi connectivity index (χ2v) is 9.46. The van der Waals surface area contributed by atoms with Gasteiger partial charge in [-0.05, 0) is 37.1 Å². The summed E-state index contributed by atoms with van der Waals surface area (Å²) in [5.41, 5.74) is 1.39. The number of benzene rings is 1. The van der Waals surface area contributed by atoms with Crippen LogP contribution in [0.4, 0.5) is 11.5 Å². The molecule has 3 N–H and O–H groups in total. The van der Waals surface area contributed by atoms with Crippen molar-refractivity contribution in [1.29, 1.82) is 0 Å². The second-order valence-electron chi connectivity index (χ2n) is 7.44. The Morgan fingerprint density at radius 1 is 1.30 bits per heavy atom. The summed E-state index contributed by atoms with van der Waals surface area (Å²) in [6.45, 7) is 1.62. The minimum Gasteiger partial charge on any atom is -0.376 e. The zero-order chi connectivity index (χ0) is 21.1. The van der Waals surface area contributed by atoms with Gasteiger partial charge in [-0.1, -0.05) is 6.07 Å². The Labute approximate surface area is 174 Å². The summed E-state index contributed by atoms with van der Waals surface area (Å²) in [6, 6.07) is 8.43. The molecule has 1 aliphatic rings. The van der Waals surface area contributed by atoms with Gasteiger partial charge in [0.25, 0.3) is 0 Å². The molecular formula is C20H24N6O3S. The van der Waals surface area contributed by atoms with E-state index in [4.69, 9.17) is 0 Å². The number of fused-ring (bicyclic) bond motifs is 1. The van der Waals surface area contributed by atoms with E-state index in [9.17, 15) is 13.2 Å². The Kier molecular flexibility index (Phi) is 5.58. The van der Waals surface area contributed by atoms with Crippen molar-refractivity contribution in [2.24, 2.45) is 0 Å². The van der Waals surface area contributed by atoms with Gasteiger partial charge in [-0.3, -0.25) is 4.79 Å². The van der Waals surface area contributed by atoms with Crippen molar-refractivity contribution in [2.75, 3.05) is 36.1 Å². The third-order valence-electron chi connectivity index (χ3n) is 5.13. The largest absolute Gasteiger partial charge is 0.376 e. The molecule has 1 atom stereocenters. The second kappa shape index (κ2) is 8.31. The van der Waals surface area contributed by atoms with Crippen LogP contribution < -0.4 is 15.5 Å². The molecule has 1 aliphatic heterocycles. The average Bonchev–Trinajstić information content (AvgIpc) is 3.21. The van der Waals surface area contributed by atoms with Crippen LogP contribution in [-0.2, 0) is 14.6 Å². The molecule has 30 heavy (non-hydrogen) atoms. The lowest BCUT2D eigenvalue weighted by atomic mass is 10.1. The summed E-state index contributed by atoms with van der Waals surface area (Å²) < 4.78 is 23.4. The highest BCUT2D eigenvalue weighted by molar-refractivity contribution is 7.90. The Morgan fingerprint density at radius 2 is 2.17 bits per heavy atom. The molecule has 0 radical (unpaired) electrons. The maximum absolute atomic E-state index is 12.4. The first-order chi connectivity index (χ1) is 14.4. The van der Waals surface area contributed by atoms with Crippen molar-refractivity contribution in [3.8, 4) is 0 Å². The Balaban J connectivity index is 1.35. The highest BCUT2D eigenvalue weighted by Crippen LogP contribution is 2.25. The first-order valence-electron chi connectivity index (χ1n) is 9.76. The molecule has 158 valence electrons. The number of anilines is 2. The van der Waals surface area contributed by atoms with Gasteiger partial charge in [0.15, 0.2) is 9.84 Å². The van der Waals surface area contributed by atoms with E-state index in [0.29, 0.717) is 12.2 Å². The normalized spacial score (nSPS) is 17.1. The fraction of sp³-hybridized carbons (Fsp3) is 0.350. The number of H-pyrrole nitrogens is 1. The van der Waals surface area contributed by atoms with Gasteiger partial charge in [0.1, 0.15) is 17.8 Å². The number of nitrogens with zero attached hydrogens (tertiary/aromatic N) is 3. The van der Waals surface area contributed by atoms with E-state index in [1.54, 1.807) is 18.5 Å². The van der Waals surface area contributed by atoms with Gasteiger partial charge in [-0.15, -0.1) is 0 Å². The number of amides is 1. The number of piperidine rings is 1. The van der Waals surface area contributed by atoms with Crippen LogP contribution in [-0.4, -0.2) is 61.2 Å². The van der Waals surface area contributed by atoms with E-state index >= 15 is 0 Å². The predicted octanol–water partition coefficient (Wildman–Crippen LogP) is 1.56. The first kappa shape index (κ1) is 20.1. The van der Waals surface area contributed by atoms with Gasteiger partial charge in [0.2, 0.25) is 5.91 Å². The zero-order valence-corrected chi connectivity index (χ0v) is 17.4. The number of carbonyl (C=O) groups is 1. The summed E-state index contributed by atoms with van der Waals surface area (Å²) in [4.78, 5) is 26.6. The zero-order valence-electron chi connectivity index (χ0n) is 16.6. The highest BCUT2D eigenvalue weighted by atomic mass is 32.2. The number of hydrogen-bond acceptors (Lipinski definition) is 7. The lowest BCUT2D eigenvalue weighted by Gasteiger charge is -2.34. The fourth-order valence-corrected chi connectivity index (χ4v) is 4.36. The number of aromatic amines is 1. The van der Waals surface area contributed by atoms with E-state index in [0.717, 1.165) is 42.5 Å². The fourth-order valence-electron chi connectivity index (χ4n) is 3.70. The van der Waals surface area contributed by atoms with Gasteiger partial charge in [0.05, 0.1) is 16.8 Å². The molecule has 0 unspecified atom stereocenters. The van der Waals surface area contributed by atoms with Crippen LogP contribution in [0.1, 0.15) is 12.8 Å². The van der Waals surface area contributed by atoms with Gasteiger partial charge in [0, 0.05) is 37.3 Å². The molecule has 0 bridgehead atoms. The molecule has 0 aliphatic carbocycles. The van der Waals surface area contributed by atoms with E-state index in [-0.39, 0.29) is 23.4 Å². The van der Waals surface area contributed by atoms with Crippen molar-refractivity contribution in [3.63, 3.8) is 0 Å². The number of nitrogens with one attached hydrogen (secondary N) is 3. The van der Waals surface area contributed by atoms with E-state index in [2.05, 4.69) is 30.5 Å². The van der Waals surface area contributed by atoms with Crippen LogP contribution in [0.2, 0.25) is 0 Å². The molecule has 1 amide bonds. The molecule has 4 rings (SSSR count). The molecular weight excluding hydrogens is 404 g/mol. The number of carbonyl (C=O) groups excluding carboxylic acids is 1. The molecule has 1 aromatic carbocycles. The third kappa shape index (κ3) is 4.54. The van der Waals surface area contributed by atoms with Crippen LogP contribution in [0.3, 0.4) is 0 Å². The molecule has 3 aromatic rings. The van der Waals surface area contributed by atoms with E-state index in [1.165, 1.54) is 12.1 Å². The Hall–Kier alpha value is -3.14. The highest BCUT2D eigenvalue weighted by Gasteiger charge is 2.23. The quantitative estimate of drug-likeness (QED) is 0.545. The topological polar surface area (TPSA) is 120 Å².